The van der Waals surface area contributed by atoms with Crippen LogP contribution < -0.4 is 5.32 Å². The van der Waals surface area contributed by atoms with Crippen LogP contribution in [-0.4, -0.2) is 31.1 Å². The summed E-state index contributed by atoms with van der Waals surface area (Å²) in [5.74, 6) is 1.76. The summed E-state index contributed by atoms with van der Waals surface area (Å²) < 4.78 is 0. The monoisotopic (exact) mass is 236 g/mol. The number of fused-ring (bicyclic) bond motifs is 1. The van der Waals surface area contributed by atoms with E-state index < -0.39 is 0 Å². The van der Waals surface area contributed by atoms with Crippen LogP contribution in [0.4, 0.5) is 0 Å². The number of hydrogen-bond acceptors (Lipinski definition) is 2. The number of halogens is 1. The van der Waals surface area contributed by atoms with Crippen LogP contribution in [0.2, 0.25) is 5.02 Å². The third-order valence-electron chi connectivity index (χ3n) is 3.78. The third-order valence-corrected chi connectivity index (χ3v) is 4.04. The number of likely N-dealkylation sites (tertiary alicyclic amines) is 1. The van der Waals surface area contributed by atoms with Crippen molar-refractivity contribution in [3.63, 3.8) is 0 Å². The van der Waals surface area contributed by atoms with Gasteiger partial charge in [-0.05, 0) is 42.6 Å². The standard InChI is InChI=1S/C13H17ClN2/c14-13-3-1-10(2-4-13)7-16-8-11-5-15-6-12(11)9-16/h1-4,11-12,15H,5-9H2/t11-,12?/m0/s1. The molecule has 0 bridgehead atoms. The quantitative estimate of drug-likeness (QED) is 0.845. The Hall–Kier alpha value is -0.570. The molecule has 2 atom stereocenters. The Balaban J connectivity index is 1.62. The number of nitrogens with zero attached hydrogens (tertiary/aromatic N) is 1. The molecule has 1 unspecified atom stereocenters. The van der Waals surface area contributed by atoms with Gasteiger partial charge in [-0.3, -0.25) is 4.90 Å². The van der Waals surface area contributed by atoms with E-state index in [-0.39, 0.29) is 0 Å². The SMILES string of the molecule is Clc1ccc(CN2CC3CNC[C@H]3C2)cc1. The summed E-state index contributed by atoms with van der Waals surface area (Å²) in [6.07, 6.45) is 0. The van der Waals surface area contributed by atoms with Gasteiger partial charge >= 0.3 is 0 Å². The van der Waals surface area contributed by atoms with Crippen molar-refractivity contribution in [2.24, 2.45) is 11.8 Å². The van der Waals surface area contributed by atoms with Crippen molar-refractivity contribution in [1.29, 1.82) is 0 Å². The summed E-state index contributed by atoms with van der Waals surface area (Å²) in [4.78, 5) is 2.57. The largest absolute Gasteiger partial charge is 0.316 e. The lowest BCUT2D eigenvalue weighted by Gasteiger charge is -2.16. The van der Waals surface area contributed by atoms with Gasteiger partial charge in [0.05, 0.1) is 0 Å². The molecule has 2 aliphatic heterocycles. The van der Waals surface area contributed by atoms with E-state index in [1.54, 1.807) is 0 Å². The highest BCUT2D eigenvalue weighted by Crippen LogP contribution is 2.27. The second-order valence-corrected chi connectivity index (χ2v) is 5.44. The van der Waals surface area contributed by atoms with E-state index in [0.29, 0.717) is 0 Å². The first-order valence-corrected chi connectivity index (χ1v) is 6.36. The molecule has 0 saturated carbocycles. The van der Waals surface area contributed by atoms with E-state index in [1.165, 1.54) is 31.7 Å². The fourth-order valence-corrected chi connectivity index (χ4v) is 3.06. The van der Waals surface area contributed by atoms with Crippen molar-refractivity contribution in [1.82, 2.24) is 10.2 Å². The lowest BCUT2D eigenvalue weighted by molar-refractivity contribution is 0.305. The summed E-state index contributed by atoms with van der Waals surface area (Å²) in [5.41, 5.74) is 1.37. The van der Waals surface area contributed by atoms with E-state index in [4.69, 9.17) is 11.6 Å². The molecule has 2 aliphatic rings. The van der Waals surface area contributed by atoms with Gasteiger partial charge in [0.1, 0.15) is 0 Å². The van der Waals surface area contributed by atoms with E-state index in [1.807, 2.05) is 12.1 Å². The molecule has 86 valence electrons. The fraction of sp³-hybridized carbons (Fsp3) is 0.538. The molecule has 0 aromatic heterocycles. The number of benzene rings is 1. The van der Waals surface area contributed by atoms with Gasteiger partial charge in [0.25, 0.3) is 0 Å². The molecule has 2 nitrogen and oxygen atoms in total. The summed E-state index contributed by atoms with van der Waals surface area (Å²) >= 11 is 5.88. The van der Waals surface area contributed by atoms with Gasteiger partial charge in [-0.15, -0.1) is 0 Å². The van der Waals surface area contributed by atoms with E-state index in [9.17, 15) is 0 Å². The average Bonchev–Trinajstić information content (AvgIpc) is 2.81. The topological polar surface area (TPSA) is 15.3 Å². The molecule has 0 aliphatic carbocycles. The molecule has 3 rings (SSSR count). The highest BCUT2D eigenvalue weighted by Gasteiger charge is 2.35. The predicted octanol–water partition coefficient (Wildman–Crippen LogP) is 1.99. The van der Waals surface area contributed by atoms with Gasteiger partial charge in [-0.25, -0.2) is 0 Å². The van der Waals surface area contributed by atoms with Crippen LogP contribution in [0.25, 0.3) is 0 Å². The summed E-state index contributed by atoms with van der Waals surface area (Å²) in [6.45, 7) is 5.99. The van der Waals surface area contributed by atoms with E-state index in [2.05, 4.69) is 22.3 Å². The Bertz CT molecular complexity index is 351. The smallest absolute Gasteiger partial charge is 0.0406 e. The van der Waals surface area contributed by atoms with Gasteiger partial charge in [0.2, 0.25) is 0 Å². The molecular formula is C13H17ClN2. The van der Waals surface area contributed by atoms with E-state index >= 15 is 0 Å². The van der Waals surface area contributed by atoms with Gasteiger partial charge in [0.15, 0.2) is 0 Å². The highest BCUT2D eigenvalue weighted by atomic mass is 35.5. The first-order valence-electron chi connectivity index (χ1n) is 5.99. The summed E-state index contributed by atoms with van der Waals surface area (Å²) in [7, 11) is 0. The van der Waals surface area contributed by atoms with Crippen LogP contribution in [0.1, 0.15) is 5.56 Å². The van der Waals surface area contributed by atoms with Crippen LogP contribution in [0.15, 0.2) is 24.3 Å². The Morgan fingerprint density at radius 1 is 1.12 bits per heavy atom. The molecule has 1 N–H and O–H groups in total. The molecule has 2 heterocycles. The minimum absolute atomic E-state index is 0.825. The minimum atomic E-state index is 0.825. The zero-order valence-electron chi connectivity index (χ0n) is 9.32. The molecule has 1 aromatic carbocycles. The van der Waals surface area contributed by atoms with Crippen LogP contribution >= 0.6 is 11.6 Å². The summed E-state index contributed by atoms with van der Waals surface area (Å²) in [5, 5.41) is 4.30. The van der Waals surface area contributed by atoms with Gasteiger partial charge in [-0.1, -0.05) is 23.7 Å². The van der Waals surface area contributed by atoms with E-state index in [0.717, 1.165) is 23.4 Å². The van der Waals surface area contributed by atoms with Crippen LogP contribution in [0.5, 0.6) is 0 Å². The molecule has 16 heavy (non-hydrogen) atoms. The van der Waals surface area contributed by atoms with Crippen molar-refractivity contribution >= 4 is 11.6 Å². The zero-order chi connectivity index (χ0) is 11.0. The number of nitrogens with one attached hydrogen (secondary N) is 1. The molecule has 2 fully saturated rings. The van der Waals surface area contributed by atoms with Crippen LogP contribution in [-0.2, 0) is 6.54 Å². The number of hydrogen-bond donors (Lipinski definition) is 1. The Kier molecular flexibility index (Phi) is 2.88. The Morgan fingerprint density at radius 2 is 1.75 bits per heavy atom. The first kappa shape index (κ1) is 10.6. The lowest BCUT2D eigenvalue weighted by atomic mass is 10.0. The van der Waals surface area contributed by atoms with Crippen molar-refractivity contribution < 1.29 is 0 Å². The third kappa shape index (κ3) is 2.10. The maximum Gasteiger partial charge on any atom is 0.0406 e. The van der Waals surface area contributed by atoms with Gasteiger partial charge in [-0.2, -0.15) is 0 Å². The Labute approximate surface area is 102 Å². The van der Waals surface area contributed by atoms with Crippen LogP contribution in [0, 0.1) is 11.8 Å². The maximum atomic E-state index is 5.88. The second-order valence-electron chi connectivity index (χ2n) is 5.00. The molecule has 0 amide bonds. The lowest BCUT2D eigenvalue weighted by Crippen LogP contribution is -2.25. The average molecular weight is 237 g/mol. The molecule has 2 saturated heterocycles. The minimum Gasteiger partial charge on any atom is -0.316 e. The molecule has 1 aromatic rings. The highest BCUT2D eigenvalue weighted by molar-refractivity contribution is 6.30. The van der Waals surface area contributed by atoms with Crippen molar-refractivity contribution in [3.8, 4) is 0 Å². The molecular weight excluding hydrogens is 220 g/mol. The molecule has 0 spiro atoms. The van der Waals surface area contributed by atoms with Crippen molar-refractivity contribution in [2.45, 2.75) is 6.54 Å². The first-order chi connectivity index (χ1) is 7.81. The predicted molar refractivity (Wildman–Crippen MR) is 66.6 cm³/mol. The molecule has 3 heteroatoms. The van der Waals surface area contributed by atoms with Gasteiger partial charge < -0.3 is 5.32 Å². The maximum absolute atomic E-state index is 5.88. The summed E-state index contributed by atoms with van der Waals surface area (Å²) in [6, 6.07) is 8.23. The van der Waals surface area contributed by atoms with Gasteiger partial charge in [0, 0.05) is 24.7 Å². The fourth-order valence-electron chi connectivity index (χ4n) is 2.93. The normalized spacial score (nSPS) is 29.6. The number of rotatable bonds is 2. The second kappa shape index (κ2) is 4.36. The van der Waals surface area contributed by atoms with Crippen molar-refractivity contribution in [2.75, 3.05) is 26.2 Å². The van der Waals surface area contributed by atoms with Crippen LogP contribution in [0.3, 0.4) is 0 Å². The molecule has 0 radical (unpaired) electrons. The van der Waals surface area contributed by atoms with Crippen molar-refractivity contribution in [3.05, 3.63) is 34.9 Å². The zero-order valence-corrected chi connectivity index (χ0v) is 10.1. The Morgan fingerprint density at radius 3 is 2.38 bits per heavy atom.